The zero-order valence-electron chi connectivity index (χ0n) is 13.2. The number of hydrogen-bond donors (Lipinski definition) is 1. The molecule has 21 heavy (non-hydrogen) atoms. The van der Waals surface area contributed by atoms with Crippen molar-refractivity contribution in [1.82, 2.24) is 15.5 Å². The van der Waals surface area contributed by atoms with E-state index in [2.05, 4.69) is 22.4 Å². The van der Waals surface area contributed by atoms with Gasteiger partial charge in [-0.1, -0.05) is 24.4 Å². The van der Waals surface area contributed by atoms with Crippen LogP contribution in [0.4, 0.5) is 0 Å². The predicted molar refractivity (Wildman–Crippen MR) is 80.1 cm³/mol. The van der Waals surface area contributed by atoms with E-state index < -0.39 is 0 Å². The number of aromatic nitrogens is 2. The third-order valence-corrected chi connectivity index (χ3v) is 5.24. The Bertz CT molecular complexity index is 454. The molecule has 118 valence electrons. The van der Waals surface area contributed by atoms with Gasteiger partial charge in [-0.15, -0.1) is 0 Å². The van der Waals surface area contributed by atoms with Gasteiger partial charge in [0.25, 0.3) is 0 Å². The Morgan fingerprint density at radius 3 is 2.81 bits per heavy atom. The van der Waals surface area contributed by atoms with Crippen molar-refractivity contribution in [2.24, 2.45) is 5.41 Å². The average molecular weight is 293 g/mol. The summed E-state index contributed by atoms with van der Waals surface area (Å²) in [7, 11) is 0. The molecule has 5 heteroatoms. The Labute approximate surface area is 126 Å². The van der Waals surface area contributed by atoms with E-state index >= 15 is 0 Å². The van der Waals surface area contributed by atoms with Gasteiger partial charge in [0.15, 0.2) is 5.82 Å². The first-order valence-electron chi connectivity index (χ1n) is 8.39. The van der Waals surface area contributed by atoms with Crippen LogP contribution in [0.2, 0.25) is 0 Å². The summed E-state index contributed by atoms with van der Waals surface area (Å²) in [6, 6.07) is 0.596. The van der Waals surface area contributed by atoms with E-state index in [0.717, 1.165) is 31.9 Å². The molecule has 1 aromatic rings. The van der Waals surface area contributed by atoms with Crippen LogP contribution in [0, 0.1) is 12.3 Å². The fraction of sp³-hybridized carbons (Fsp3) is 0.875. The topological polar surface area (TPSA) is 60.2 Å². The van der Waals surface area contributed by atoms with Gasteiger partial charge in [-0.05, 0) is 33.1 Å². The second-order valence-electron chi connectivity index (χ2n) is 6.47. The SMILES string of the molecule is CCO[C@H]1C[C@H](NCCc2nc(C)no2)C12CCCCC2. The zero-order chi connectivity index (χ0) is 14.7. The summed E-state index contributed by atoms with van der Waals surface area (Å²) in [5.74, 6) is 1.45. The van der Waals surface area contributed by atoms with Crippen LogP contribution in [0.15, 0.2) is 4.52 Å². The van der Waals surface area contributed by atoms with Crippen LogP contribution in [0.5, 0.6) is 0 Å². The molecule has 0 aliphatic heterocycles. The molecule has 2 saturated carbocycles. The Balaban J connectivity index is 1.52. The number of hydrogen-bond acceptors (Lipinski definition) is 5. The third kappa shape index (κ3) is 2.99. The molecule has 0 saturated heterocycles. The van der Waals surface area contributed by atoms with E-state index in [4.69, 9.17) is 9.26 Å². The molecule has 0 radical (unpaired) electrons. The van der Waals surface area contributed by atoms with Crippen molar-refractivity contribution in [3.63, 3.8) is 0 Å². The number of nitrogens with zero attached hydrogens (tertiary/aromatic N) is 2. The maximum absolute atomic E-state index is 5.99. The summed E-state index contributed by atoms with van der Waals surface area (Å²) < 4.78 is 11.2. The minimum atomic E-state index is 0.388. The molecule has 1 N–H and O–H groups in total. The largest absolute Gasteiger partial charge is 0.378 e. The van der Waals surface area contributed by atoms with E-state index in [1.165, 1.54) is 32.1 Å². The van der Waals surface area contributed by atoms with Crippen molar-refractivity contribution in [1.29, 1.82) is 0 Å². The first-order chi connectivity index (χ1) is 10.2. The van der Waals surface area contributed by atoms with Crippen LogP contribution in [0.25, 0.3) is 0 Å². The van der Waals surface area contributed by atoms with Crippen LogP contribution < -0.4 is 5.32 Å². The molecule has 1 heterocycles. The summed E-state index contributed by atoms with van der Waals surface area (Å²) >= 11 is 0. The number of nitrogens with one attached hydrogen (secondary N) is 1. The second-order valence-corrected chi connectivity index (χ2v) is 6.47. The fourth-order valence-electron chi connectivity index (χ4n) is 4.14. The molecular formula is C16H27N3O2. The molecule has 1 aromatic heterocycles. The third-order valence-electron chi connectivity index (χ3n) is 5.24. The van der Waals surface area contributed by atoms with Crippen LogP contribution in [-0.2, 0) is 11.2 Å². The van der Waals surface area contributed by atoms with Crippen molar-refractivity contribution in [2.45, 2.75) is 70.9 Å². The van der Waals surface area contributed by atoms with E-state index in [1.54, 1.807) is 0 Å². The van der Waals surface area contributed by atoms with Gasteiger partial charge in [-0.3, -0.25) is 0 Å². The van der Waals surface area contributed by atoms with E-state index in [-0.39, 0.29) is 0 Å². The molecule has 0 aromatic carbocycles. The summed E-state index contributed by atoms with van der Waals surface area (Å²) in [5, 5.41) is 7.55. The van der Waals surface area contributed by atoms with Crippen LogP contribution in [-0.4, -0.2) is 35.4 Å². The molecule has 1 spiro atoms. The lowest BCUT2D eigenvalue weighted by molar-refractivity contribution is -0.149. The number of rotatable bonds is 6. The quantitative estimate of drug-likeness (QED) is 0.873. The van der Waals surface area contributed by atoms with E-state index in [9.17, 15) is 0 Å². The minimum absolute atomic E-state index is 0.388. The average Bonchev–Trinajstić information content (AvgIpc) is 2.92. The molecule has 2 atom stereocenters. The molecular weight excluding hydrogens is 266 g/mol. The lowest BCUT2D eigenvalue weighted by Crippen LogP contribution is -2.64. The molecule has 0 unspecified atom stereocenters. The highest BCUT2D eigenvalue weighted by atomic mass is 16.5. The normalized spacial score (nSPS) is 27.7. The fourth-order valence-corrected chi connectivity index (χ4v) is 4.14. The van der Waals surface area contributed by atoms with Gasteiger partial charge in [-0.25, -0.2) is 0 Å². The highest BCUT2D eigenvalue weighted by molar-refractivity contribution is 5.09. The van der Waals surface area contributed by atoms with Gasteiger partial charge in [0.2, 0.25) is 5.89 Å². The molecule has 0 amide bonds. The molecule has 5 nitrogen and oxygen atoms in total. The minimum Gasteiger partial charge on any atom is -0.378 e. The van der Waals surface area contributed by atoms with E-state index in [0.29, 0.717) is 23.4 Å². The van der Waals surface area contributed by atoms with Gasteiger partial charge in [0.05, 0.1) is 6.10 Å². The first-order valence-corrected chi connectivity index (χ1v) is 8.39. The first kappa shape index (κ1) is 15.0. The molecule has 3 rings (SSSR count). The summed E-state index contributed by atoms with van der Waals surface area (Å²) in [6.45, 7) is 5.71. The van der Waals surface area contributed by atoms with Gasteiger partial charge < -0.3 is 14.6 Å². The van der Waals surface area contributed by atoms with Crippen LogP contribution in [0.3, 0.4) is 0 Å². The monoisotopic (exact) mass is 293 g/mol. The second kappa shape index (κ2) is 6.44. The summed E-state index contributed by atoms with van der Waals surface area (Å²) in [6.07, 6.45) is 9.14. The van der Waals surface area contributed by atoms with Crippen molar-refractivity contribution in [2.75, 3.05) is 13.2 Å². The number of aryl methyl sites for hydroxylation is 1. The molecule has 2 fully saturated rings. The Hall–Kier alpha value is -0.940. The van der Waals surface area contributed by atoms with Crippen molar-refractivity contribution in [3.05, 3.63) is 11.7 Å². The standard InChI is InChI=1S/C16H27N3O2/c1-3-20-14-11-13(16(14)8-5-4-6-9-16)17-10-7-15-18-12(2)19-21-15/h13-14,17H,3-11H2,1-2H3/t13-,14-/m0/s1. The van der Waals surface area contributed by atoms with E-state index in [1.807, 2.05) is 6.92 Å². The molecule has 0 bridgehead atoms. The Morgan fingerprint density at radius 1 is 1.33 bits per heavy atom. The lowest BCUT2D eigenvalue weighted by atomic mass is 9.55. The summed E-state index contributed by atoms with van der Waals surface area (Å²) in [5.41, 5.74) is 0.388. The van der Waals surface area contributed by atoms with Gasteiger partial charge in [0.1, 0.15) is 0 Å². The van der Waals surface area contributed by atoms with Crippen molar-refractivity contribution >= 4 is 0 Å². The smallest absolute Gasteiger partial charge is 0.227 e. The molecule has 2 aliphatic rings. The maximum Gasteiger partial charge on any atom is 0.227 e. The highest BCUT2D eigenvalue weighted by Crippen LogP contribution is 2.53. The van der Waals surface area contributed by atoms with Gasteiger partial charge >= 0.3 is 0 Å². The lowest BCUT2D eigenvalue weighted by Gasteiger charge is -2.58. The van der Waals surface area contributed by atoms with Gasteiger partial charge in [0, 0.05) is 31.0 Å². The van der Waals surface area contributed by atoms with Gasteiger partial charge in [-0.2, -0.15) is 4.98 Å². The maximum atomic E-state index is 5.99. The molecule has 2 aliphatic carbocycles. The predicted octanol–water partition coefficient (Wildman–Crippen LogP) is 2.64. The Kier molecular flexibility index (Phi) is 4.60. The summed E-state index contributed by atoms with van der Waals surface area (Å²) in [4.78, 5) is 4.26. The van der Waals surface area contributed by atoms with Crippen molar-refractivity contribution in [3.8, 4) is 0 Å². The van der Waals surface area contributed by atoms with Crippen LogP contribution >= 0.6 is 0 Å². The number of ether oxygens (including phenoxy) is 1. The zero-order valence-corrected chi connectivity index (χ0v) is 13.2. The van der Waals surface area contributed by atoms with Crippen LogP contribution in [0.1, 0.15) is 57.2 Å². The highest BCUT2D eigenvalue weighted by Gasteiger charge is 2.55. The van der Waals surface area contributed by atoms with Crippen molar-refractivity contribution < 1.29 is 9.26 Å². The Morgan fingerprint density at radius 2 is 2.14 bits per heavy atom.